The van der Waals surface area contributed by atoms with E-state index < -0.39 is 0 Å². The number of aromatic nitrogens is 2. The molecule has 2 aromatic rings. The van der Waals surface area contributed by atoms with Crippen LogP contribution in [-0.4, -0.2) is 35.3 Å². The molecular weight excluding hydrogens is 319 g/mol. The van der Waals surface area contributed by atoms with Crippen molar-refractivity contribution >= 4 is 17.3 Å². The lowest BCUT2D eigenvalue weighted by Crippen LogP contribution is -2.44. The monoisotopic (exact) mass is 342 g/mol. The third-order valence-electron chi connectivity index (χ3n) is 4.95. The Morgan fingerprint density at radius 3 is 2.80 bits per heavy atom. The second-order valence-corrected chi connectivity index (χ2v) is 6.95. The van der Waals surface area contributed by atoms with Gasteiger partial charge in [-0.2, -0.15) is 5.10 Å². The molecule has 1 fully saturated rings. The predicted octanol–water partition coefficient (Wildman–Crippen LogP) is 3.31. The smallest absolute Gasteiger partial charge is 0.261 e. The number of anilines is 2. The molecule has 1 aliphatic carbocycles. The molecule has 0 unspecified atom stereocenters. The highest BCUT2D eigenvalue weighted by Crippen LogP contribution is 2.42. The number of fused-ring (bicyclic) bond motifs is 1. The third kappa shape index (κ3) is 2.90. The lowest BCUT2D eigenvalue weighted by Gasteiger charge is -2.37. The number of carbonyl (C=O) groups excluding carboxylic acids is 1. The van der Waals surface area contributed by atoms with E-state index in [1.54, 1.807) is 21.8 Å². The Kier molecular flexibility index (Phi) is 3.98. The van der Waals surface area contributed by atoms with E-state index in [1.807, 2.05) is 7.05 Å². The summed E-state index contributed by atoms with van der Waals surface area (Å²) in [6, 6.07) is 4.72. The van der Waals surface area contributed by atoms with Crippen molar-refractivity contribution in [3.63, 3.8) is 0 Å². The van der Waals surface area contributed by atoms with Crippen LogP contribution in [0, 0.1) is 5.82 Å². The number of hydrogen-bond acceptors (Lipinski definition) is 3. The van der Waals surface area contributed by atoms with E-state index in [-0.39, 0.29) is 11.7 Å². The average molecular weight is 342 g/mol. The van der Waals surface area contributed by atoms with Gasteiger partial charge in [-0.1, -0.05) is 6.92 Å². The largest absolute Gasteiger partial charge is 0.368 e. The van der Waals surface area contributed by atoms with Gasteiger partial charge in [0.2, 0.25) is 0 Å². The quantitative estimate of drug-likeness (QED) is 0.856. The fraction of sp³-hybridized carbons (Fsp3) is 0.474. The standard InChI is InChI=1S/C19H23FN4O/c1-3-8-23-9-10-24(17-11-14(20)6-7-16(17)23)19(25)15-12-22(2)21-18(15)13-4-5-13/h6-7,11-13H,3-5,8-10H2,1-2H3. The molecule has 4 rings (SSSR count). The van der Waals surface area contributed by atoms with E-state index in [1.165, 1.54) is 12.1 Å². The summed E-state index contributed by atoms with van der Waals surface area (Å²) in [6.45, 7) is 4.35. The summed E-state index contributed by atoms with van der Waals surface area (Å²) in [6.07, 6.45) is 4.99. The van der Waals surface area contributed by atoms with Crippen molar-refractivity contribution in [1.29, 1.82) is 0 Å². The van der Waals surface area contributed by atoms with E-state index in [0.29, 0.717) is 23.7 Å². The van der Waals surface area contributed by atoms with Crippen molar-refractivity contribution < 1.29 is 9.18 Å². The van der Waals surface area contributed by atoms with Crippen molar-refractivity contribution in [1.82, 2.24) is 9.78 Å². The van der Waals surface area contributed by atoms with Gasteiger partial charge in [-0.3, -0.25) is 9.48 Å². The number of amides is 1. The van der Waals surface area contributed by atoms with E-state index in [9.17, 15) is 9.18 Å². The molecule has 0 saturated heterocycles. The molecule has 25 heavy (non-hydrogen) atoms. The maximum atomic E-state index is 13.9. The van der Waals surface area contributed by atoms with Crippen LogP contribution in [0.4, 0.5) is 15.8 Å². The maximum absolute atomic E-state index is 13.9. The van der Waals surface area contributed by atoms with Gasteiger partial charge in [-0.15, -0.1) is 0 Å². The first-order chi connectivity index (χ1) is 12.1. The highest BCUT2D eigenvalue weighted by Gasteiger charge is 2.35. The molecule has 6 heteroatoms. The Hall–Kier alpha value is -2.37. The van der Waals surface area contributed by atoms with Crippen molar-refractivity contribution in [2.45, 2.75) is 32.1 Å². The number of hydrogen-bond donors (Lipinski definition) is 0. The molecule has 1 aliphatic heterocycles. The third-order valence-corrected chi connectivity index (χ3v) is 4.95. The van der Waals surface area contributed by atoms with E-state index in [4.69, 9.17) is 0 Å². The molecule has 5 nitrogen and oxygen atoms in total. The zero-order valence-corrected chi connectivity index (χ0v) is 14.7. The zero-order valence-electron chi connectivity index (χ0n) is 14.7. The second kappa shape index (κ2) is 6.17. The van der Waals surface area contributed by atoms with Crippen molar-refractivity contribution in [3.8, 4) is 0 Å². The molecule has 0 bridgehead atoms. The zero-order chi connectivity index (χ0) is 17.6. The van der Waals surface area contributed by atoms with Gasteiger partial charge in [0.15, 0.2) is 0 Å². The Labute approximate surface area is 147 Å². The summed E-state index contributed by atoms with van der Waals surface area (Å²) in [7, 11) is 1.84. The Morgan fingerprint density at radius 2 is 2.08 bits per heavy atom. The Bertz CT molecular complexity index is 812. The highest BCUT2D eigenvalue weighted by atomic mass is 19.1. The lowest BCUT2D eigenvalue weighted by molar-refractivity contribution is 0.0985. The van der Waals surface area contributed by atoms with Crippen LogP contribution in [0.1, 0.15) is 48.2 Å². The minimum Gasteiger partial charge on any atom is -0.368 e. The molecule has 0 N–H and O–H groups in total. The SMILES string of the molecule is CCCN1CCN(C(=O)c2cn(C)nc2C2CC2)c2cc(F)ccc21. The number of rotatable bonds is 4. The van der Waals surface area contributed by atoms with Gasteiger partial charge in [-0.05, 0) is 37.5 Å². The molecule has 0 spiro atoms. The van der Waals surface area contributed by atoms with Crippen LogP contribution in [0.15, 0.2) is 24.4 Å². The first-order valence-electron chi connectivity index (χ1n) is 8.98. The summed E-state index contributed by atoms with van der Waals surface area (Å²) in [5.74, 6) is 0.00927. The predicted molar refractivity (Wildman–Crippen MR) is 95.8 cm³/mol. The van der Waals surface area contributed by atoms with Crippen molar-refractivity contribution in [3.05, 3.63) is 41.5 Å². The Morgan fingerprint density at radius 1 is 1.28 bits per heavy atom. The molecule has 1 saturated carbocycles. The van der Waals surface area contributed by atoms with Crippen molar-refractivity contribution in [2.24, 2.45) is 7.05 Å². The molecule has 1 aromatic heterocycles. The van der Waals surface area contributed by atoms with Crippen LogP contribution < -0.4 is 9.80 Å². The fourth-order valence-electron chi connectivity index (χ4n) is 3.63. The summed E-state index contributed by atoms with van der Waals surface area (Å²) < 4.78 is 15.6. The van der Waals surface area contributed by atoms with E-state index in [0.717, 1.165) is 43.7 Å². The summed E-state index contributed by atoms with van der Waals surface area (Å²) in [4.78, 5) is 17.2. The van der Waals surface area contributed by atoms with Gasteiger partial charge >= 0.3 is 0 Å². The van der Waals surface area contributed by atoms with Gasteiger partial charge < -0.3 is 9.80 Å². The molecule has 0 atom stereocenters. The highest BCUT2D eigenvalue weighted by molar-refractivity contribution is 6.09. The summed E-state index contributed by atoms with van der Waals surface area (Å²) in [5.41, 5.74) is 3.14. The number of nitrogens with zero attached hydrogens (tertiary/aromatic N) is 4. The van der Waals surface area contributed by atoms with Gasteiger partial charge in [-0.25, -0.2) is 4.39 Å². The Balaban J connectivity index is 1.72. The maximum Gasteiger partial charge on any atom is 0.261 e. The van der Waals surface area contributed by atoms with E-state index in [2.05, 4.69) is 16.9 Å². The molecule has 1 amide bonds. The first kappa shape index (κ1) is 16.1. The number of halogens is 1. The molecule has 132 valence electrons. The van der Waals surface area contributed by atoms with Crippen LogP contribution >= 0.6 is 0 Å². The van der Waals surface area contributed by atoms with Crippen LogP contribution in [0.25, 0.3) is 0 Å². The topological polar surface area (TPSA) is 41.4 Å². The second-order valence-electron chi connectivity index (χ2n) is 6.95. The molecule has 2 heterocycles. The van der Waals surface area contributed by atoms with Crippen LogP contribution in [0.2, 0.25) is 0 Å². The van der Waals surface area contributed by atoms with Crippen LogP contribution in [-0.2, 0) is 7.05 Å². The van der Waals surface area contributed by atoms with Gasteiger partial charge in [0.05, 0.1) is 22.6 Å². The summed E-state index contributed by atoms with van der Waals surface area (Å²) in [5, 5.41) is 4.49. The van der Waals surface area contributed by atoms with Gasteiger partial charge in [0.25, 0.3) is 5.91 Å². The van der Waals surface area contributed by atoms with E-state index >= 15 is 0 Å². The normalized spacial score (nSPS) is 16.9. The van der Waals surface area contributed by atoms with Crippen LogP contribution in [0.5, 0.6) is 0 Å². The summed E-state index contributed by atoms with van der Waals surface area (Å²) >= 11 is 0. The minimum absolute atomic E-state index is 0.0713. The number of benzene rings is 1. The van der Waals surface area contributed by atoms with Crippen molar-refractivity contribution in [2.75, 3.05) is 29.4 Å². The minimum atomic E-state index is -0.316. The van der Waals surface area contributed by atoms with Gasteiger partial charge in [0, 0.05) is 38.8 Å². The average Bonchev–Trinajstić information content (AvgIpc) is 3.36. The number of aryl methyl sites for hydroxylation is 1. The molecular formula is C19H23FN4O. The lowest BCUT2D eigenvalue weighted by atomic mass is 10.1. The van der Waals surface area contributed by atoms with Crippen LogP contribution in [0.3, 0.4) is 0 Å². The first-order valence-corrected chi connectivity index (χ1v) is 8.98. The fourth-order valence-corrected chi connectivity index (χ4v) is 3.63. The molecule has 0 radical (unpaired) electrons. The molecule has 2 aliphatic rings. The van der Waals surface area contributed by atoms with Gasteiger partial charge in [0.1, 0.15) is 5.82 Å². The number of carbonyl (C=O) groups is 1. The molecule has 1 aromatic carbocycles.